The second-order valence-corrected chi connectivity index (χ2v) is 10.8. The third-order valence-electron chi connectivity index (χ3n) is 6.67. The molecule has 2 fully saturated rings. The van der Waals surface area contributed by atoms with Crippen molar-refractivity contribution < 1.29 is 4.79 Å². The number of para-hydroxylation sites is 1. The number of halogens is 2. The smallest absolute Gasteiger partial charge is 0.253 e. The van der Waals surface area contributed by atoms with Crippen LogP contribution in [0, 0.1) is 0 Å². The van der Waals surface area contributed by atoms with Gasteiger partial charge in [0.15, 0.2) is 5.16 Å². The fourth-order valence-corrected chi connectivity index (χ4v) is 5.96. The molecule has 1 amide bonds. The number of benzene rings is 2. The number of hydrogen-bond acceptors (Lipinski definition) is 6. The predicted octanol–water partition coefficient (Wildman–Crippen LogP) is 6.03. The van der Waals surface area contributed by atoms with E-state index in [1.807, 2.05) is 53.4 Å². The maximum Gasteiger partial charge on any atom is 0.253 e. The van der Waals surface area contributed by atoms with Crippen molar-refractivity contribution in [3.05, 3.63) is 75.9 Å². The molecule has 0 N–H and O–H groups in total. The molecular formula is C27H29Cl2N5OS. The molecule has 5 rings (SSSR count). The van der Waals surface area contributed by atoms with Gasteiger partial charge in [0.1, 0.15) is 11.0 Å². The van der Waals surface area contributed by atoms with Gasteiger partial charge in [0.05, 0.1) is 10.7 Å². The van der Waals surface area contributed by atoms with Crippen molar-refractivity contribution >= 4 is 52.4 Å². The number of nitrogens with zero attached hydrogens (tertiary/aromatic N) is 5. The van der Waals surface area contributed by atoms with Crippen LogP contribution in [0.1, 0.15) is 35.2 Å². The SMILES string of the molecule is O=C(c1ccc(CSc2nc(Cl)cc(N3CCN(c4ccccc4Cl)CC3)n2)cc1)N1CCCCC1. The second kappa shape index (κ2) is 11.7. The number of hydrogen-bond donors (Lipinski definition) is 0. The standard InChI is InChI=1S/C27H29Cl2N5OS/c28-22-6-2-3-7-23(22)32-14-16-33(17-15-32)25-18-24(29)30-27(31-25)36-19-20-8-10-21(11-9-20)26(35)34-12-4-1-5-13-34/h2-3,6-11,18H,1,4-5,12-17,19H2. The number of amides is 1. The van der Waals surface area contributed by atoms with Crippen LogP contribution in [0.2, 0.25) is 10.2 Å². The Morgan fingerprint density at radius 1 is 0.833 bits per heavy atom. The highest BCUT2D eigenvalue weighted by Gasteiger charge is 2.21. The van der Waals surface area contributed by atoms with Crippen LogP contribution in [0.25, 0.3) is 0 Å². The number of aromatic nitrogens is 2. The first-order chi connectivity index (χ1) is 17.6. The molecule has 6 nitrogen and oxygen atoms in total. The summed E-state index contributed by atoms with van der Waals surface area (Å²) < 4.78 is 0. The summed E-state index contributed by atoms with van der Waals surface area (Å²) in [4.78, 5) is 28.4. The van der Waals surface area contributed by atoms with Crippen molar-refractivity contribution in [2.45, 2.75) is 30.2 Å². The first-order valence-electron chi connectivity index (χ1n) is 12.4. The van der Waals surface area contributed by atoms with Gasteiger partial charge in [0, 0.05) is 56.7 Å². The summed E-state index contributed by atoms with van der Waals surface area (Å²) in [6.07, 6.45) is 3.41. The van der Waals surface area contributed by atoms with Gasteiger partial charge in [-0.25, -0.2) is 9.97 Å². The molecule has 2 aliphatic rings. The summed E-state index contributed by atoms with van der Waals surface area (Å²) in [7, 11) is 0. The van der Waals surface area contributed by atoms with E-state index in [4.69, 9.17) is 28.2 Å². The molecular weight excluding hydrogens is 513 g/mol. The molecule has 0 atom stereocenters. The van der Waals surface area contributed by atoms with Crippen LogP contribution in [0.5, 0.6) is 0 Å². The zero-order valence-electron chi connectivity index (χ0n) is 20.1. The maximum atomic E-state index is 12.7. The van der Waals surface area contributed by atoms with E-state index in [1.54, 1.807) is 11.8 Å². The van der Waals surface area contributed by atoms with Gasteiger partial charge < -0.3 is 14.7 Å². The molecule has 2 saturated heterocycles. The number of thioether (sulfide) groups is 1. The molecule has 0 spiro atoms. The lowest BCUT2D eigenvalue weighted by Crippen LogP contribution is -2.47. The van der Waals surface area contributed by atoms with Crippen molar-refractivity contribution in [1.29, 1.82) is 0 Å². The number of anilines is 2. The second-order valence-electron chi connectivity index (χ2n) is 9.10. The molecule has 0 bridgehead atoms. The molecule has 36 heavy (non-hydrogen) atoms. The summed E-state index contributed by atoms with van der Waals surface area (Å²) in [5.41, 5.74) is 2.94. The fourth-order valence-electron chi connectivity index (χ4n) is 4.67. The molecule has 0 radical (unpaired) electrons. The average molecular weight is 543 g/mol. The lowest BCUT2D eigenvalue weighted by Gasteiger charge is -2.37. The van der Waals surface area contributed by atoms with Crippen LogP contribution in [-0.2, 0) is 5.75 Å². The van der Waals surface area contributed by atoms with Crippen LogP contribution in [0.3, 0.4) is 0 Å². The number of piperazine rings is 1. The normalized spacial score (nSPS) is 16.3. The summed E-state index contributed by atoms with van der Waals surface area (Å²) in [5.74, 6) is 1.68. The third kappa shape index (κ3) is 6.07. The zero-order valence-corrected chi connectivity index (χ0v) is 22.4. The Hall–Kier alpha value is -2.48. The van der Waals surface area contributed by atoms with Gasteiger partial charge in [0.25, 0.3) is 5.91 Å². The summed E-state index contributed by atoms with van der Waals surface area (Å²) in [5, 5.41) is 1.87. The van der Waals surface area contributed by atoms with Gasteiger partial charge in [0.2, 0.25) is 0 Å². The van der Waals surface area contributed by atoms with Crippen LogP contribution >= 0.6 is 35.0 Å². The first-order valence-corrected chi connectivity index (χ1v) is 14.1. The van der Waals surface area contributed by atoms with Crippen molar-refractivity contribution in [1.82, 2.24) is 14.9 Å². The fraction of sp³-hybridized carbons (Fsp3) is 0.370. The quantitative estimate of drug-likeness (QED) is 0.216. The summed E-state index contributed by atoms with van der Waals surface area (Å²) in [6, 6.07) is 17.7. The molecule has 0 unspecified atom stereocenters. The van der Waals surface area contributed by atoms with Crippen molar-refractivity contribution in [3.63, 3.8) is 0 Å². The van der Waals surface area contributed by atoms with Crippen molar-refractivity contribution in [2.75, 3.05) is 49.1 Å². The molecule has 0 aliphatic carbocycles. The highest BCUT2D eigenvalue weighted by molar-refractivity contribution is 7.98. The topological polar surface area (TPSA) is 52.6 Å². The van der Waals surface area contributed by atoms with E-state index in [9.17, 15) is 4.79 Å². The number of likely N-dealkylation sites (tertiary alicyclic amines) is 1. The molecule has 2 aromatic carbocycles. The molecule has 3 aromatic rings. The number of carbonyl (C=O) groups excluding carboxylic acids is 1. The van der Waals surface area contributed by atoms with Gasteiger partial charge in [-0.2, -0.15) is 0 Å². The Bertz CT molecular complexity index is 1200. The average Bonchev–Trinajstić information content (AvgIpc) is 2.92. The molecule has 0 saturated carbocycles. The van der Waals surface area contributed by atoms with Crippen LogP contribution < -0.4 is 9.80 Å². The van der Waals surface area contributed by atoms with Crippen molar-refractivity contribution in [3.8, 4) is 0 Å². The van der Waals surface area contributed by atoms with E-state index in [0.29, 0.717) is 16.1 Å². The summed E-state index contributed by atoms with van der Waals surface area (Å²) >= 11 is 14.3. The highest BCUT2D eigenvalue weighted by atomic mass is 35.5. The lowest BCUT2D eigenvalue weighted by molar-refractivity contribution is 0.0724. The van der Waals surface area contributed by atoms with Gasteiger partial charge >= 0.3 is 0 Å². The van der Waals surface area contributed by atoms with E-state index >= 15 is 0 Å². The number of piperidine rings is 1. The van der Waals surface area contributed by atoms with E-state index in [-0.39, 0.29) is 5.91 Å². The largest absolute Gasteiger partial charge is 0.367 e. The summed E-state index contributed by atoms with van der Waals surface area (Å²) in [6.45, 7) is 5.09. The molecule has 2 aliphatic heterocycles. The minimum absolute atomic E-state index is 0.131. The van der Waals surface area contributed by atoms with Crippen molar-refractivity contribution in [2.24, 2.45) is 0 Å². The first kappa shape index (κ1) is 25.2. The minimum Gasteiger partial charge on any atom is -0.367 e. The molecule has 1 aromatic heterocycles. The van der Waals surface area contributed by atoms with E-state index in [2.05, 4.69) is 20.9 Å². The third-order valence-corrected chi connectivity index (χ3v) is 8.10. The Morgan fingerprint density at radius 2 is 1.53 bits per heavy atom. The maximum absolute atomic E-state index is 12.7. The number of rotatable bonds is 6. The van der Waals surface area contributed by atoms with E-state index in [0.717, 1.165) is 79.8 Å². The van der Waals surface area contributed by atoms with Crippen LogP contribution in [0.4, 0.5) is 11.5 Å². The highest BCUT2D eigenvalue weighted by Crippen LogP contribution is 2.29. The van der Waals surface area contributed by atoms with Gasteiger partial charge in [-0.1, -0.05) is 59.2 Å². The van der Waals surface area contributed by atoms with Gasteiger partial charge in [-0.15, -0.1) is 0 Å². The van der Waals surface area contributed by atoms with Crippen LogP contribution in [0.15, 0.2) is 59.8 Å². The monoisotopic (exact) mass is 541 g/mol. The van der Waals surface area contributed by atoms with Gasteiger partial charge in [-0.3, -0.25) is 4.79 Å². The predicted molar refractivity (Wildman–Crippen MR) is 149 cm³/mol. The molecule has 3 heterocycles. The Balaban J connectivity index is 1.18. The van der Waals surface area contributed by atoms with E-state index in [1.165, 1.54) is 6.42 Å². The molecule has 188 valence electrons. The van der Waals surface area contributed by atoms with Crippen LogP contribution in [-0.4, -0.2) is 60.0 Å². The molecule has 9 heteroatoms. The number of carbonyl (C=O) groups is 1. The Labute approximate surface area is 226 Å². The Morgan fingerprint density at radius 3 is 2.25 bits per heavy atom. The van der Waals surface area contributed by atoms with E-state index < -0.39 is 0 Å². The Kier molecular flexibility index (Phi) is 8.19. The van der Waals surface area contributed by atoms with Gasteiger partial charge in [-0.05, 0) is 49.1 Å². The lowest BCUT2D eigenvalue weighted by atomic mass is 10.1. The minimum atomic E-state index is 0.131. The zero-order chi connectivity index (χ0) is 24.9.